The molecule has 3 heteroatoms. The van der Waals surface area contributed by atoms with Crippen molar-refractivity contribution in [1.29, 1.82) is 0 Å². The number of piperidine rings is 1. The Morgan fingerprint density at radius 1 is 1.25 bits per heavy atom. The third-order valence-electron chi connectivity index (χ3n) is 3.22. The molecule has 96 valence electrons. The minimum atomic E-state index is 0.760. The van der Waals surface area contributed by atoms with Crippen molar-refractivity contribution in [2.45, 2.75) is 32.7 Å². The molecule has 1 saturated heterocycles. The number of likely N-dealkylation sites (N-methyl/N-ethyl adjacent to an activating group) is 1. The highest BCUT2D eigenvalue weighted by molar-refractivity contribution is 4.79. The fraction of sp³-hybridized carbons (Fsp3) is 1.00. The highest BCUT2D eigenvalue weighted by Gasteiger charge is 2.21. The number of hydrogen-bond donors (Lipinski definition) is 1. The predicted molar refractivity (Wildman–Crippen MR) is 70.9 cm³/mol. The third kappa shape index (κ3) is 5.28. The van der Waals surface area contributed by atoms with E-state index in [9.17, 15) is 0 Å². The minimum absolute atomic E-state index is 0.760. The monoisotopic (exact) mass is 227 g/mol. The van der Waals surface area contributed by atoms with Crippen molar-refractivity contribution in [3.8, 4) is 0 Å². The molecule has 0 aromatic carbocycles. The van der Waals surface area contributed by atoms with Gasteiger partial charge in [0.05, 0.1) is 0 Å². The second-order valence-electron chi connectivity index (χ2n) is 5.69. The maximum atomic E-state index is 3.52. The van der Waals surface area contributed by atoms with Gasteiger partial charge in [0.1, 0.15) is 0 Å². The molecule has 0 saturated carbocycles. The Bertz CT molecular complexity index is 174. The molecule has 1 rings (SSSR count). The van der Waals surface area contributed by atoms with E-state index in [0.717, 1.165) is 12.0 Å². The second kappa shape index (κ2) is 7.25. The predicted octanol–water partition coefficient (Wildman–Crippen LogP) is 1.26. The van der Waals surface area contributed by atoms with Gasteiger partial charge in [-0.2, -0.15) is 0 Å². The van der Waals surface area contributed by atoms with Crippen LogP contribution < -0.4 is 5.32 Å². The van der Waals surface area contributed by atoms with E-state index >= 15 is 0 Å². The summed E-state index contributed by atoms with van der Waals surface area (Å²) in [6.45, 7) is 10.6. The Morgan fingerprint density at radius 2 is 2.00 bits per heavy atom. The Balaban J connectivity index is 2.41. The molecule has 1 aliphatic rings. The smallest absolute Gasteiger partial charge is 0.0221 e. The van der Waals surface area contributed by atoms with Crippen LogP contribution in [0.15, 0.2) is 0 Å². The normalized spacial score (nSPS) is 22.3. The van der Waals surface area contributed by atoms with Crippen LogP contribution in [0.25, 0.3) is 0 Å². The van der Waals surface area contributed by atoms with Crippen LogP contribution >= 0.6 is 0 Å². The largest absolute Gasteiger partial charge is 0.315 e. The summed E-state index contributed by atoms with van der Waals surface area (Å²) in [4.78, 5) is 4.96. The highest BCUT2D eigenvalue weighted by atomic mass is 15.2. The average molecular weight is 227 g/mol. The number of nitrogens with zero attached hydrogens (tertiary/aromatic N) is 2. The van der Waals surface area contributed by atoms with Crippen molar-refractivity contribution in [2.75, 3.05) is 46.8 Å². The molecule has 0 aromatic heterocycles. The van der Waals surface area contributed by atoms with E-state index in [1.807, 2.05) is 0 Å². The summed E-state index contributed by atoms with van der Waals surface area (Å²) in [5, 5.41) is 3.52. The van der Waals surface area contributed by atoms with Crippen LogP contribution in [0.3, 0.4) is 0 Å². The first-order valence-electron chi connectivity index (χ1n) is 6.69. The van der Waals surface area contributed by atoms with E-state index in [-0.39, 0.29) is 0 Å². The van der Waals surface area contributed by atoms with Gasteiger partial charge in [-0.1, -0.05) is 13.8 Å². The summed E-state index contributed by atoms with van der Waals surface area (Å²) in [6.07, 6.45) is 2.70. The van der Waals surface area contributed by atoms with E-state index in [4.69, 9.17) is 0 Å². The molecule has 0 amide bonds. The number of nitrogens with one attached hydrogen (secondary N) is 1. The highest BCUT2D eigenvalue weighted by Crippen LogP contribution is 2.12. The van der Waals surface area contributed by atoms with Crippen molar-refractivity contribution < 1.29 is 0 Å². The van der Waals surface area contributed by atoms with Crippen molar-refractivity contribution in [2.24, 2.45) is 5.92 Å². The lowest BCUT2D eigenvalue weighted by atomic mass is 10.0. The number of rotatable bonds is 6. The molecule has 1 aliphatic heterocycles. The van der Waals surface area contributed by atoms with Gasteiger partial charge in [-0.25, -0.2) is 0 Å². The summed E-state index contributed by atoms with van der Waals surface area (Å²) in [5.41, 5.74) is 0. The first-order chi connectivity index (χ1) is 7.59. The van der Waals surface area contributed by atoms with Gasteiger partial charge in [0.15, 0.2) is 0 Å². The van der Waals surface area contributed by atoms with Gasteiger partial charge >= 0.3 is 0 Å². The molecular formula is C13H29N3. The maximum absolute atomic E-state index is 3.52. The van der Waals surface area contributed by atoms with Gasteiger partial charge in [-0.15, -0.1) is 0 Å². The molecule has 0 aliphatic carbocycles. The molecule has 1 atom stereocenters. The Hall–Kier alpha value is -0.120. The fourth-order valence-corrected chi connectivity index (χ4v) is 2.37. The van der Waals surface area contributed by atoms with Crippen LogP contribution in [-0.4, -0.2) is 62.7 Å². The van der Waals surface area contributed by atoms with E-state index in [1.165, 1.54) is 45.6 Å². The van der Waals surface area contributed by atoms with Crippen LogP contribution in [0.4, 0.5) is 0 Å². The van der Waals surface area contributed by atoms with Gasteiger partial charge in [0, 0.05) is 32.2 Å². The lowest BCUT2D eigenvalue weighted by Crippen LogP contribution is -2.49. The van der Waals surface area contributed by atoms with E-state index < -0.39 is 0 Å². The third-order valence-corrected chi connectivity index (χ3v) is 3.22. The first kappa shape index (κ1) is 13.9. The van der Waals surface area contributed by atoms with E-state index in [2.05, 4.69) is 43.1 Å². The van der Waals surface area contributed by atoms with Crippen molar-refractivity contribution >= 4 is 0 Å². The molecule has 1 heterocycles. The molecule has 1 fully saturated rings. The summed E-state index contributed by atoms with van der Waals surface area (Å²) < 4.78 is 0. The van der Waals surface area contributed by atoms with Gasteiger partial charge in [0.2, 0.25) is 0 Å². The van der Waals surface area contributed by atoms with Crippen LogP contribution in [0, 0.1) is 5.92 Å². The van der Waals surface area contributed by atoms with Crippen molar-refractivity contribution in [3.05, 3.63) is 0 Å². The molecule has 0 bridgehead atoms. The van der Waals surface area contributed by atoms with Gasteiger partial charge in [-0.05, 0) is 39.4 Å². The standard InChI is InChI=1S/C13H29N3/c1-12(2)11-16(9-8-15(3)4)13-6-5-7-14-10-13/h12-14H,5-11H2,1-4H3. The van der Waals surface area contributed by atoms with Crippen LogP contribution in [-0.2, 0) is 0 Å². The van der Waals surface area contributed by atoms with Crippen LogP contribution in [0.1, 0.15) is 26.7 Å². The average Bonchev–Trinajstić information content (AvgIpc) is 2.25. The Morgan fingerprint density at radius 3 is 2.50 bits per heavy atom. The molecule has 1 unspecified atom stereocenters. The van der Waals surface area contributed by atoms with Gasteiger partial charge in [-0.3, -0.25) is 4.90 Å². The number of hydrogen-bond acceptors (Lipinski definition) is 3. The molecular weight excluding hydrogens is 198 g/mol. The van der Waals surface area contributed by atoms with Crippen molar-refractivity contribution in [3.63, 3.8) is 0 Å². The van der Waals surface area contributed by atoms with Gasteiger partial charge in [0.25, 0.3) is 0 Å². The molecule has 16 heavy (non-hydrogen) atoms. The molecule has 0 spiro atoms. The van der Waals surface area contributed by atoms with Crippen molar-refractivity contribution in [1.82, 2.24) is 15.1 Å². The first-order valence-corrected chi connectivity index (χ1v) is 6.69. The quantitative estimate of drug-likeness (QED) is 0.737. The van der Waals surface area contributed by atoms with Crippen LogP contribution in [0.5, 0.6) is 0 Å². The zero-order valence-corrected chi connectivity index (χ0v) is 11.5. The van der Waals surface area contributed by atoms with E-state index in [0.29, 0.717) is 0 Å². The van der Waals surface area contributed by atoms with Gasteiger partial charge < -0.3 is 10.2 Å². The maximum Gasteiger partial charge on any atom is 0.0221 e. The topological polar surface area (TPSA) is 18.5 Å². The molecule has 1 N–H and O–H groups in total. The van der Waals surface area contributed by atoms with E-state index in [1.54, 1.807) is 0 Å². The zero-order valence-electron chi connectivity index (χ0n) is 11.5. The summed E-state index contributed by atoms with van der Waals surface area (Å²) in [7, 11) is 4.32. The van der Waals surface area contributed by atoms with Crippen LogP contribution in [0.2, 0.25) is 0 Å². The zero-order chi connectivity index (χ0) is 12.0. The molecule has 3 nitrogen and oxygen atoms in total. The Kier molecular flexibility index (Phi) is 6.32. The summed E-state index contributed by atoms with van der Waals surface area (Å²) in [5.74, 6) is 0.768. The molecule has 0 aromatic rings. The lowest BCUT2D eigenvalue weighted by molar-refractivity contribution is 0.137. The summed E-state index contributed by atoms with van der Waals surface area (Å²) >= 11 is 0. The fourth-order valence-electron chi connectivity index (χ4n) is 2.37. The molecule has 0 radical (unpaired) electrons. The minimum Gasteiger partial charge on any atom is -0.315 e. The second-order valence-corrected chi connectivity index (χ2v) is 5.69. The summed E-state index contributed by atoms with van der Waals surface area (Å²) in [6, 6.07) is 0.760. The lowest BCUT2D eigenvalue weighted by Gasteiger charge is -2.36. The Labute approximate surface area is 101 Å². The SMILES string of the molecule is CC(C)CN(CCN(C)C)C1CCCNC1.